The van der Waals surface area contributed by atoms with Crippen LogP contribution in [0.15, 0.2) is 18.3 Å². The van der Waals surface area contributed by atoms with Crippen molar-refractivity contribution < 1.29 is 14.2 Å². The molecule has 1 N–H and O–H groups in total. The standard InChI is InChI=1S/C15H21N3O3/c1-10-12(9-18(2)17-10)16-8-11-6-14(20-4)15(21-5)7-13(11)19-3/h6-7,9,16H,8H2,1-5H3. The first-order valence-corrected chi connectivity index (χ1v) is 6.62. The number of methoxy groups -OCH3 is 3. The Morgan fingerprint density at radius 2 is 1.67 bits per heavy atom. The lowest BCUT2D eigenvalue weighted by Gasteiger charge is -2.14. The summed E-state index contributed by atoms with van der Waals surface area (Å²) in [5, 5.41) is 7.66. The molecule has 0 aliphatic heterocycles. The molecule has 2 rings (SSSR count). The lowest BCUT2D eigenvalue weighted by molar-refractivity contribution is 0.347. The Hall–Kier alpha value is -2.37. The average molecular weight is 291 g/mol. The van der Waals surface area contributed by atoms with Gasteiger partial charge in [0.1, 0.15) is 5.75 Å². The predicted molar refractivity (Wildman–Crippen MR) is 81.4 cm³/mol. The molecule has 114 valence electrons. The number of rotatable bonds is 6. The van der Waals surface area contributed by atoms with E-state index in [0.717, 1.165) is 22.7 Å². The maximum absolute atomic E-state index is 5.41. The Kier molecular flexibility index (Phi) is 4.57. The topological polar surface area (TPSA) is 57.5 Å². The van der Waals surface area contributed by atoms with Crippen LogP contribution in [0.4, 0.5) is 5.69 Å². The van der Waals surface area contributed by atoms with E-state index in [1.807, 2.05) is 32.3 Å². The molecule has 1 aromatic heterocycles. The van der Waals surface area contributed by atoms with Crippen LogP contribution in [0.25, 0.3) is 0 Å². The molecule has 0 radical (unpaired) electrons. The quantitative estimate of drug-likeness (QED) is 0.885. The second-order valence-electron chi connectivity index (χ2n) is 4.67. The van der Waals surface area contributed by atoms with Crippen LogP contribution in [-0.2, 0) is 13.6 Å². The van der Waals surface area contributed by atoms with Crippen molar-refractivity contribution in [2.75, 3.05) is 26.6 Å². The van der Waals surface area contributed by atoms with Crippen LogP contribution >= 0.6 is 0 Å². The number of nitrogens with zero attached hydrogens (tertiary/aromatic N) is 2. The van der Waals surface area contributed by atoms with Gasteiger partial charge in [0.05, 0.1) is 32.7 Å². The number of aromatic nitrogens is 2. The minimum atomic E-state index is 0.607. The Labute approximate surface area is 124 Å². The number of ether oxygens (including phenoxy) is 3. The number of hydrogen-bond donors (Lipinski definition) is 1. The summed E-state index contributed by atoms with van der Waals surface area (Å²) in [6.07, 6.45) is 1.95. The second kappa shape index (κ2) is 6.39. The predicted octanol–water partition coefficient (Wildman–Crippen LogP) is 2.37. The van der Waals surface area contributed by atoms with E-state index in [2.05, 4.69) is 10.4 Å². The van der Waals surface area contributed by atoms with Gasteiger partial charge in [-0.05, 0) is 13.0 Å². The van der Waals surface area contributed by atoms with E-state index in [1.165, 1.54) is 0 Å². The number of anilines is 1. The van der Waals surface area contributed by atoms with Crippen LogP contribution in [0, 0.1) is 6.92 Å². The Bertz CT molecular complexity index is 623. The third kappa shape index (κ3) is 3.21. The normalized spacial score (nSPS) is 10.3. The van der Waals surface area contributed by atoms with Gasteiger partial charge in [-0.25, -0.2) is 0 Å². The first-order chi connectivity index (χ1) is 10.1. The highest BCUT2D eigenvalue weighted by atomic mass is 16.5. The van der Waals surface area contributed by atoms with Crippen molar-refractivity contribution in [1.29, 1.82) is 0 Å². The lowest BCUT2D eigenvalue weighted by Crippen LogP contribution is -2.03. The Balaban J connectivity index is 2.24. The Morgan fingerprint density at radius 3 is 2.19 bits per heavy atom. The van der Waals surface area contributed by atoms with E-state index in [1.54, 1.807) is 26.0 Å². The number of hydrogen-bond acceptors (Lipinski definition) is 5. The molecule has 0 saturated carbocycles. The lowest BCUT2D eigenvalue weighted by atomic mass is 10.1. The van der Waals surface area contributed by atoms with Crippen LogP contribution in [-0.4, -0.2) is 31.1 Å². The third-order valence-electron chi connectivity index (χ3n) is 3.27. The van der Waals surface area contributed by atoms with Gasteiger partial charge in [0.2, 0.25) is 0 Å². The van der Waals surface area contributed by atoms with Crippen molar-refractivity contribution in [3.63, 3.8) is 0 Å². The zero-order chi connectivity index (χ0) is 15.4. The van der Waals surface area contributed by atoms with Crippen LogP contribution in [0.1, 0.15) is 11.3 Å². The number of nitrogens with one attached hydrogen (secondary N) is 1. The second-order valence-corrected chi connectivity index (χ2v) is 4.67. The fourth-order valence-electron chi connectivity index (χ4n) is 2.19. The molecular formula is C15H21N3O3. The van der Waals surface area contributed by atoms with Crippen molar-refractivity contribution >= 4 is 5.69 Å². The molecule has 0 unspecified atom stereocenters. The monoisotopic (exact) mass is 291 g/mol. The van der Waals surface area contributed by atoms with Gasteiger partial charge in [-0.3, -0.25) is 4.68 Å². The highest BCUT2D eigenvalue weighted by molar-refractivity contribution is 5.53. The summed E-state index contributed by atoms with van der Waals surface area (Å²) in [6.45, 7) is 2.57. The molecule has 0 fully saturated rings. The fourth-order valence-corrected chi connectivity index (χ4v) is 2.19. The first-order valence-electron chi connectivity index (χ1n) is 6.62. The molecule has 21 heavy (non-hydrogen) atoms. The average Bonchev–Trinajstić information content (AvgIpc) is 2.81. The first kappa shape index (κ1) is 15.0. The summed E-state index contributed by atoms with van der Waals surface area (Å²) in [5.74, 6) is 2.08. The molecule has 0 amide bonds. The maximum Gasteiger partial charge on any atom is 0.164 e. The molecule has 0 aliphatic carbocycles. The molecule has 1 aromatic carbocycles. The molecule has 0 saturated heterocycles. The molecule has 6 nitrogen and oxygen atoms in total. The zero-order valence-corrected chi connectivity index (χ0v) is 13.1. The van der Waals surface area contributed by atoms with Crippen LogP contribution in [0.5, 0.6) is 17.2 Å². The molecule has 0 atom stereocenters. The molecule has 0 aliphatic rings. The summed E-state index contributed by atoms with van der Waals surface area (Å²) in [7, 11) is 6.76. The van der Waals surface area contributed by atoms with Crippen molar-refractivity contribution in [1.82, 2.24) is 9.78 Å². The van der Waals surface area contributed by atoms with E-state index >= 15 is 0 Å². The summed E-state index contributed by atoms with van der Waals surface area (Å²) in [4.78, 5) is 0. The minimum Gasteiger partial charge on any atom is -0.496 e. The van der Waals surface area contributed by atoms with Gasteiger partial charge >= 0.3 is 0 Å². The number of benzene rings is 1. The number of aryl methyl sites for hydroxylation is 2. The fraction of sp³-hybridized carbons (Fsp3) is 0.400. The van der Waals surface area contributed by atoms with Gasteiger partial charge in [0.25, 0.3) is 0 Å². The third-order valence-corrected chi connectivity index (χ3v) is 3.27. The van der Waals surface area contributed by atoms with Crippen LogP contribution < -0.4 is 19.5 Å². The summed E-state index contributed by atoms with van der Waals surface area (Å²) in [5.41, 5.74) is 2.93. The summed E-state index contributed by atoms with van der Waals surface area (Å²) in [6, 6.07) is 3.74. The van der Waals surface area contributed by atoms with Crippen LogP contribution in [0.2, 0.25) is 0 Å². The molecule has 6 heteroatoms. The van der Waals surface area contributed by atoms with E-state index in [0.29, 0.717) is 18.0 Å². The van der Waals surface area contributed by atoms with Gasteiger partial charge in [-0.2, -0.15) is 5.10 Å². The molecule has 0 spiro atoms. The van der Waals surface area contributed by atoms with E-state index < -0.39 is 0 Å². The van der Waals surface area contributed by atoms with Crippen molar-refractivity contribution in [3.05, 3.63) is 29.6 Å². The maximum atomic E-state index is 5.41. The van der Waals surface area contributed by atoms with E-state index in [-0.39, 0.29) is 0 Å². The largest absolute Gasteiger partial charge is 0.496 e. The van der Waals surface area contributed by atoms with Gasteiger partial charge < -0.3 is 19.5 Å². The van der Waals surface area contributed by atoms with Gasteiger partial charge in [0, 0.05) is 31.4 Å². The van der Waals surface area contributed by atoms with E-state index in [4.69, 9.17) is 14.2 Å². The summed E-state index contributed by atoms with van der Waals surface area (Å²) < 4.78 is 17.8. The van der Waals surface area contributed by atoms with Gasteiger partial charge in [-0.1, -0.05) is 0 Å². The van der Waals surface area contributed by atoms with Crippen molar-refractivity contribution in [2.24, 2.45) is 7.05 Å². The highest BCUT2D eigenvalue weighted by Gasteiger charge is 2.12. The highest BCUT2D eigenvalue weighted by Crippen LogP contribution is 2.35. The summed E-state index contributed by atoms with van der Waals surface area (Å²) >= 11 is 0. The SMILES string of the molecule is COc1cc(OC)c(OC)cc1CNc1cn(C)nc1C. The molecule has 1 heterocycles. The molecule has 2 aromatic rings. The minimum absolute atomic E-state index is 0.607. The van der Waals surface area contributed by atoms with Gasteiger partial charge in [-0.15, -0.1) is 0 Å². The van der Waals surface area contributed by atoms with E-state index in [9.17, 15) is 0 Å². The zero-order valence-electron chi connectivity index (χ0n) is 13.1. The van der Waals surface area contributed by atoms with Crippen molar-refractivity contribution in [3.8, 4) is 17.2 Å². The Morgan fingerprint density at radius 1 is 1.05 bits per heavy atom. The molecular weight excluding hydrogens is 270 g/mol. The van der Waals surface area contributed by atoms with Crippen LogP contribution in [0.3, 0.4) is 0 Å². The molecule has 0 bridgehead atoms. The smallest absolute Gasteiger partial charge is 0.164 e. The van der Waals surface area contributed by atoms with Crippen molar-refractivity contribution in [2.45, 2.75) is 13.5 Å². The van der Waals surface area contributed by atoms with Gasteiger partial charge in [0.15, 0.2) is 11.5 Å².